The zero-order valence-electron chi connectivity index (χ0n) is 8.56. The van der Waals surface area contributed by atoms with E-state index in [9.17, 15) is 0 Å². The van der Waals surface area contributed by atoms with Crippen LogP contribution in [0.15, 0.2) is 0 Å². The fourth-order valence-corrected chi connectivity index (χ4v) is 2.91. The largest absolute Gasteiger partial charge is 0.259 e. The summed E-state index contributed by atoms with van der Waals surface area (Å²) in [5.41, 5.74) is 0. The number of thiol groups is 1. The smallest absolute Gasteiger partial charge is 0.0229 e. The number of hydrogen-bond acceptors (Lipinski definition) is 0. The molecule has 0 heterocycles. The summed E-state index contributed by atoms with van der Waals surface area (Å²) < 4.78 is 0. The molecule has 0 aliphatic rings. The average Bonchev–Trinajstić information content (AvgIpc) is 1.97. The first-order valence-electron chi connectivity index (χ1n) is 4.85. The highest BCUT2D eigenvalue weighted by molar-refractivity contribution is 8.15. The Balaban J connectivity index is 3.41. The van der Waals surface area contributed by atoms with Crippen molar-refractivity contribution >= 4 is 10.9 Å². The highest BCUT2D eigenvalue weighted by atomic mass is 32.2. The summed E-state index contributed by atoms with van der Waals surface area (Å²) in [5.74, 6) is 2.52. The second-order valence-electron chi connectivity index (χ2n) is 3.68. The van der Waals surface area contributed by atoms with Crippen LogP contribution in [-0.4, -0.2) is 18.3 Å². The van der Waals surface area contributed by atoms with Crippen molar-refractivity contribution in [1.82, 2.24) is 0 Å². The van der Waals surface area contributed by atoms with Crippen molar-refractivity contribution in [3.05, 3.63) is 0 Å². The van der Waals surface area contributed by atoms with Crippen molar-refractivity contribution in [1.29, 1.82) is 0 Å². The van der Waals surface area contributed by atoms with Gasteiger partial charge in [-0.1, -0.05) is 33.1 Å². The summed E-state index contributed by atoms with van der Waals surface area (Å²) in [6.07, 6.45) is 10.4. The van der Waals surface area contributed by atoms with E-state index in [4.69, 9.17) is 0 Å². The van der Waals surface area contributed by atoms with Crippen LogP contribution in [0.5, 0.6) is 0 Å². The third-order valence-electron chi connectivity index (χ3n) is 2.17. The molecule has 0 saturated carbocycles. The van der Waals surface area contributed by atoms with Crippen LogP contribution < -0.4 is 0 Å². The van der Waals surface area contributed by atoms with E-state index in [2.05, 4.69) is 26.4 Å². The Kier molecular flexibility index (Phi) is 7.25. The predicted octanol–water partition coefficient (Wildman–Crippen LogP) is 3.46. The van der Waals surface area contributed by atoms with Crippen LogP contribution in [0, 0.1) is 5.92 Å². The molecule has 1 atom stereocenters. The van der Waals surface area contributed by atoms with Gasteiger partial charge in [-0.2, -0.15) is 0 Å². The highest BCUT2D eigenvalue weighted by Crippen LogP contribution is 2.24. The minimum Gasteiger partial charge on any atom is -0.259 e. The molecule has 0 saturated heterocycles. The molecular formula is C10H24S. The molecule has 1 heteroatoms. The number of unbranched alkanes of at least 4 members (excludes halogenated alkanes) is 1. The zero-order chi connectivity index (χ0) is 8.69. The van der Waals surface area contributed by atoms with Crippen LogP contribution in [0.2, 0.25) is 0 Å². The van der Waals surface area contributed by atoms with E-state index < -0.39 is 0 Å². The van der Waals surface area contributed by atoms with Crippen LogP contribution in [-0.2, 0) is 0 Å². The second-order valence-corrected chi connectivity index (χ2v) is 6.20. The van der Waals surface area contributed by atoms with E-state index in [0.717, 1.165) is 5.92 Å². The maximum absolute atomic E-state index is 2.39. The first-order valence-corrected chi connectivity index (χ1v) is 7.27. The monoisotopic (exact) mass is 176 g/mol. The van der Waals surface area contributed by atoms with Gasteiger partial charge >= 0.3 is 0 Å². The summed E-state index contributed by atoms with van der Waals surface area (Å²) in [4.78, 5) is 0. The molecule has 0 aromatic heterocycles. The van der Waals surface area contributed by atoms with Gasteiger partial charge in [0.05, 0.1) is 0 Å². The van der Waals surface area contributed by atoms with E-state index in [1.807, 2.05) is 0 Å². The van der Waals surface area contributed by atoms with Gasteiger partial charge < -0.3 is 0 Å². The van der Waals surface area contributed by atoms with E-state index >= 15 is 0 Å². The fraction of sp³-hybridized carbons (Fsp3) is 1.00. The normalized spacial score (nSPS) is 14.7. The average molecular weight is 176 g/mol. The topological polar surface area (TPSA) is 0 Å². The molecule has 11 heavy (non-hydrogen) atoms. The maximum Gasteiger partial charge on any atom is -0.0229 e. The lowest BCUT2D eigenvalue weighted by Crippen LogP contribution is -2.04. The SMILES string of the molecule is CCCCC(CC)C[SH](C)C. The fourth-order valence-electron chi connectivity index (χ4n) is 1.43. The lowest BCUT2D eigenvalue weighted by Gasteiger charge is -2.18. The molecule has 0 nitrogen and oxygen atoms in total. The van der Waals surface area contributed by atoms with Gasteiger partial charge in [0.2, 0.25) is 0 Å². The summed E-state index contributed by atoms with van der Waals surface area (Å²) in [7, 11) is 0.338. The molecular weight excluding hydrogens is 152 g/mol. The van der Waals surface area contributed by atoms with Crippen molar-refractivity contribution < 1.29 is 0 Å². The summed E-state index contributed by atoms with van der Waals surface area (Å²) in [6.45, 7) is 4.62. The van der Waals surface area contributed by atoms with Crippen LogP contribution >= 0.6 is 10.9 Å². The van der Waals surface area contributed by atoms with Gasteiger partial charge in [-0.05, 0) is 30.6 Å². The lowest BCUT2D eigenvalue weighted by atomic mass is 10.0. The molecule has 0 spiro atoms. The maximum atomic E-state index is 2.39. The molecule has 0 aliphatic heterocycles. The third-order valence-corrected chi connectivity index (χ3v) is 3.41. The van der Waals surface area contributed by atoms with Gasteiger partial charge in [-0.3, -0.25) is 10.9 Å². The highest BCUT2D eigenvalue weighted by Gasteiger charge is 2.05. The molecule has 0 aromatic rings. The van der Waals surface area contributed by atoms with Crippen molar-refractivity contribution in [3.8, 4) is 0 Å². The Morgan fingerprint density at radius 2 is 1.82 bits per heavy atom. The van der Waals surface area contributed by atoms with Gasteiger partial charge in [-0.15, -0.1) is 0 Å². The number of hydrogen-bond donors (Lipinski definition) is 1. The van der Waals surface area contributed by atoms with Crippen LogP contribution in [0.1, 0.15) is 39.5 Å². The Hall–Kier alpha value is 0.350. The summed E-state index contributed by atoms with van der Waals surface area (Å²) in [5, 5.41) is 0. The minimum atomic E-state index is 0.338. The molecule has 1 unspecified atom stereocenters. The van der Waals surface area contributed by atoms with E-state index in [1.54, 1.807) is 0 Å². The van der Waals surface area contributed by atoms with Gasteiger partial charge in [0.15, 0.2) is 0 Å². The molecule has 0 amide bonds. The van der Waals surface area contributed by atoms with Crippen LogP contribution in [0.25, 0.3) is 0 Å². The standard InChI is InChI=1S/C10H24S/c1-5-7-8-10(6-2)9-11(3)4/h10-11H,5-9H2,1-4H3. The zero-order valence-corrected chi connectivity index (χ0v) is 9.45. The Bertz CT molecular complexity index is 78.9. The predicted molar refractivity (Wildman–Crippen MR) is 59.0 cm³/mol. The Morgan fingerprint density at radius 3 is 2.18 bits per heavy atom. The van der Waals surface area contributed by atoms with Gasteiger partial charge in [0.1, 0.15) is 0 Å². The molecule has 0 aromatic carbocycles. The van der Waals surface area contributed by atoms with Crippen molar-refractivity contribution in [2.24, 2.45) is 5.92 Å². The Morgan fingerprint density at radius 1 is 1.18 bits per heavy atom. The van der Waals surface area contributed by atoms with Gasteiger partial charge in [0.25, 0.3) is 0 Å². The van der Waals surface area contributed by atoms with Gasteiger partial charge in [-0.25, -0.2) is 0 Å². The summed E-state index contributed by atoms with van der Waals surface area (Å²) in [6, 6.07) is 0. The quantitative estimate of drug-likeness (QED) is 0.589. The second kappa shape index (κ2) is 7.02. The molecule has 0 radical (unpaired) electrons. The first-order chi connectivity index (χ1) is 5.20. The molecule has 0 bridgehead atoms. The van der Waals surface area contributed by atoms with Crippen LogP contribution in [0.4, 0.5) is 0 Å². The van der Waals surface area contributed by atoms with Crippen LogP contribution in [0.3, 0.4) is 0 Å². The molecule has 0 fully saturated rings. The molecule has 0 rings (SSSR count). The van der Waals surface area contributed by atoms with E-state index in [0.29, 0.717) is 10.9 Å². The van der Waals surface area contributed by atoms with E-state index in [1.165, 1.54) is 31.4 Å². The van der Waals surface area contributed by atoms with Gasteiger partial charge in [0, 0.05) is 0 Å². The Labute approximate surface area is 75.1 Å². The summed E-state index contributed by atoms with van der Waals surface area (Å²) >= 11 is 0. The van der Waals surface area contributed by atoms with Crippen molar-refractivity contribution in [3.63, 3.8) is 0 Å². The first kappa shape index (κ1) is 11.4. The third kappa shape index (κ3) is 6.74. The van der Waals surface area contributed by atoms with E-state index in [-0.39, 0.29) is 0 Å². The van der Waals surface area contributed by atoms with Crippen molar-refractivity contribution in [2.75, 3.05) is 18.3 Å². The lowest BCUT2D eigenvalue weighted by molar-refractivity contribution is 0.499. The molecule has 0 N–H and O–H groups in total. The molecule has 0 aliphatic carbocycles. The number of rotatable bonds is 6. The van der Waals surface area contributed by atoms with Crippen molar-refractivity contribution in [2.45, 2.75) is 39.5 Å². The molecule has 70 valence electrons. The minimum absolute atomic E-state index is 0.338.